The van der Waals surface area contributed by atoms with E-state index in [4.69, 9.17) is 0 Å². The topological polar surface area (TPSA) is 49.4 Å². The normalized spacial score (nSPS) is 16.0. The van der Waals surface area contributed by atoms with E-state index in [0.29, 0.717) is 5.69 Å². The number of rotatable bonds is 3. The second-order valence-corrected chi connectivity index (χ2v) is 6.99. The Morgan fingerprint density at radius 3 is 2.75 bits per heavy atom. The Morgan fingerprint density at radius 2 is 2.00 bits per heavy atom. The number of halogens is 1. The van der Waals surface area contributed by atoms with E-state index in [2.05, 4.69) is 21.2 Å². The zero-order chi connectivity index (χ0) is 17.3. The fraction of sp³-hybridized carbons (Fsp3) is 0.263. The summed E-state index contributed by atoms with van der Waals surface area (Å²) in [7, 11) is 0. The number of amides is 2. The molecule has 1 N–H and O–H groups in total. The predicted molar refractivity (Wildman–Crippen MR) is 99.2 cm³/mol. The lowest BCUT2D eigenvalue weighted by atomic mass is 10.1. The first-order chi connectivity index (χ1) is 11.5. The molecule has 24 heavy (non-hydrogen) atoms. The summed E-state index contributed by atoms with van der Waals surface area (Å²) < 4.78 is 0.985. The molecule has 1 unspecified atom stereocenters. The molecule has 0 spiro atoms. The Bertz CT molecular complexity index is 804. The van der Waals surface area contributed by atoms with Crippen LogP contribution in [0.2, 0.25) is 0 Å². The van der Waals surface area contributed by atoms with Crippen LogP contribution in [0.4, 0.5) is 11.4 Å². The largest absolute Gasteiger partial charge is 0.326 e. The first kappa shape index (κ1) is 16.7. The molecule has 2 aromatic rings. The number of nitrogens with one attached hydrogen (secondary N) is 1. The van der Waals surface area contributed by atoms with Crippen molar-refractivity contribution in [2.24, 2.45) is 0 Å². The summed E-state index contributed by atoms with van der Waals surface area (Å²) >= 11 is 3.43. The van der Waals surface area contributed by atoms with Crippen molar-refractivity contribution in [3.63, 3.8) is 0 Å². The maximum Gasteiger partial charge on any atom is 0.236 e. The number of hydrogen-bond donors (Lipinski definition) is 1. The van der Waals surface area contributed by atoms with E-state index in [0.717, 1.165) is 27.7 Å². The average molecular weight is 387 g/mol. The first-order valence-electron chi connectivity index (χ1n) is 7.91. The van der Waals surface area contributed by atoms with Gasteiger partial charge in [0.2, 0.25) is 11.8 Å². The fourth-order valence-electron chi connectivity index (χ4n) is 3.10. The third-order valence-electron chi connectivity index (χ3n) is 4.23. The first-order valence-corrected chi connectivity index (χ1v) is 8.71. The van der Waals surface area contributed by atoms with Gasteiger partial charge in [0.25, 0.3) is 0 Å². The van der Waals surface area contributed by atoms with Crippen LogP contribution in [-0.2, 0) is 16.0 Å². The van der Waals surface area contributed by atoms with Crippen molar-refractivity contribution >= 4 is 39.1 Å². The van der Waals surface area contributed by atoms with E-state index in [1.165, 1.54) is 0 Å². The monoisotopic (exact) mass is 386 g/mol. The molecule has 0 fully saturated rings. The zero-order valence-corrected chi connectivity index (χ0v) is 15.3. The molecule has 5 heteroatoms. The van der Waals surface area contributed by atoms with Crippen LogP contribution in [0.1, 0.15) is 24.5 Å². The summed E-state index contributed by atoms with van der Waals surface area (Å²) in [6.45, 7) is 3.96. The van der Waals surface area contributed by atoms with E-state index in [1.54, 1.807) is 4.90 Å². The van der Waals surface area contributed by atoms with Gasteiger partial charge in [0, 0.05) is 21.9 Å². The molecule has 0 saturated carbocycles. The Morgan fingerprint density at radius 1 is 1.25 bits per heavy atom. The van der Waals surface area contributed by atoms with Crippen LogP contribution < -0.4 is 10.2 Å². The number of fused-ring (bicyclic) bond motifs is 1. The van der Waals surface area contributed by atoms with Crippen LogP contribution in [-0.4, -0.2) is 17.9 Å². The molecule has 124 valence electrons. The summed E-state index contributed by atoms with van der Waals surface area (Å²) in [6, 6.07) is 13.5. The number of aryl methyl sites for hydroxylation is 1. The van der Waals surface area contributed by atoms with Crippen molar-refractivity contribution in [1.82, 2.24) is 0 Å². The maximum atomic E-state index is 12.6. The molecule has 4 nitrogen and oxygen atoms in total. The van der Waals surface area contributed by atoms with Crippen LogP contribution >= 0.6 is 15.9 Å². The zero-order valence-electron chi connectivity index (χ0n) is 13.7. The summed E-state index contributed by atoms with van der Waals surface area (Å²) in [5, 5.41) is 2.80. The van der Waals surface area contributed by atoms with E-state index in [1.807, 2.05) is 56.3 Å². The molecule has 3 rings (SSSR count). The standard InChI is InChI=1S/C19H19BrN2O2/c1-12-9-15(7-8-16(12)20)21-18(23)11-19(24)22-13(2)10-14-5-3-4-6-17(14)22/h3-9,13H,10-11H2,1-2H3,(H,21,23). The van der Waals surface area contributed by atoms with Crippen LogP contribution in [0.25, 0.3) is 0 Å². The molecular formula is C19H19BrN2O2. The summed E-state index contributed by atoms with van der Waals surface area (Å²) in [5.74, 6) is -0.461. The van der Waals surface area contributed by atoms with Crippen LogP contribution in [0.5, 0.6) is 0 Å². The minimum Gasteiger partial charge on any atom is -0.326 e. The van der Waals surface area contributed by atoms with Gasteiger partial charge in [-0.3, -0.25) is 9.59 Å². The number of anilines is 2. The smallest absolute Gasteiger partial charge is 0.236 e. The van der Waals surface area contributed by atoms with Crippen LogP contribution in [0, 0.1) is 6.92 Å². The van der Waals surface area contributed by atoms with Gasteiger partial charge < -0.3 is 10.2 Å². The molecule has 1 heterocycles. The fourth-order valence-corrected chi connectivity index (χ4v) is 3.34. The lowest BCUT2D eigenvalue weighted by molar-refractivity contribution is -0.125. The lowest BCUT2D eigenvalue weighted by Gasteiger charge is -2.22. The molecule has 1 aliphatic rings. The Balaban J connectivity index is 1.68. The van der Waals surface area contributed by atoms with Gasteiger partial charge >= 0.3 is 0 Å². The van der Waals surface area contributed by atoms with Crippen molar-refractivity contribution in [2.45, 2.75) is 32.7 Å². The molecular weight excluding hydrogens is 368 g/mol. The number of carbonyl (C=O) groups excluding carboxylic acids is 2. The van der Waals surface area contributed by atoms with Gasteiger partial charge in [-0.15, -0.1) is 0 Å². The van der Waals surface area contributed by atoms with Gasteiger partial charge in [-0.25, -0.2) is 0 Å². The third-order valence-corrected chi connectivity index (χ3v) is 5.12. The Kier molecular flexibility index (Phi) is 4.71. The summed E-state index contributed by atoms with van der Waals surface area (Å²) in [4.78, 5) is 26.6. The van der Waals surface area contributed by atoms with E-state index >= 15 is 0 Å². The Labute approximate surface area is 150 Å². The number of benzene rings is 2. The number of carbonyl (C=O) groups is 2. The highest BCUT2D eigenvalue weighted by atomic mass is 79.9. The number of para-hydroxylation sites is 1. The van der Waals surface area contributed by atoms with Crippen molar-refractivity contribution in [3.05, 3.63) is 58.1 Å². The van der Waals surface area contributed by atoms with Gasteiger partial charge in [0.15, 0.2) is 0 Å². The highest BCUT2D eigenvalue weighted by Gasteiger charge is 2.31. The highest BCUT2D eigenvalue weighted by molar-refractivity contribution is 9.10. The molecule has 0 aliphatic carbocycles. The molecule has 0 radical (unpaired) electrons. The molecule has 1 aliphatic heterocycles. The maximum absolute atomic E-state index is 12.6. The van der Waals surface area contributed by atoms with Crippen LogP contribution in [0.3, 0.4) is 0 Å². The van der Waals surface area contributed by atoms with Crippen molar-refractivity contribution < 1.29 is 9.59 Å². The quantitative estimate of drug-likeness (QED) is 0.808. The van der Waals surface area contributed by atoms with Gasteiger partial charge in [-0.05, 0) is 55.7 Å². The number of nitrogens with zero attached hydrogens (tertiary/aromatic N) is 1. The summed E-state index contributed by atoms with van der Waals surface area (Å²) in [6.07, 6.45) is 0.670. The average Bonchev–Trinajstić information content (AvgIpc) is 2.86. The van der Waals surface area contributed by atoms with Gasteiger partial charge in [0.05, 0.1) is 0 Å². The molecule has 1 atom stereocenters. The second kappa shape index (κ2) is 6.77. The van der Waals surface area contributed by atoms with Gasteiger partial charge in [0.1, 0.15) is 6.42 Å². The van der Waals surface area contributed by atoms with Crippen molar-refractivity contribution in [2.75, 3.05) is 10.2 Å². The van der Waals surface area contributed by atoms with Crippen molar-refractivity contribution in [3.8, 4) is 0 Å². The van der Waals surface area contributed by atoms with Gasteiger partial charge in [-0.2, -0.15) is 0 Å². The Hall–Kier alpha value is -2.14. The van der Waals surface area contributed by atoms with Gasteiger partial charge in [-0.1, -0.05) is 34.1 Å². The lowest BCUT2D eigenvalue weighted by Crippen LogP contribution is -2.37. The molecule has 0 bridgehead atoms. The van der Waals surface area contributed by atoms with E-state index < -0.39 is 0 Å². The summed E-state index contributed by atoms with van der Waals surface area (Å²) in [5.41, 5.74) is 3.80. The van der Waals surface area contributed by atoms with E-state index in [-0.39, 0.29) is 24.3 Å². The number of hydrogen-bond acceptors (Lipinski definition) is 2. The molecule has 0 aromatic heterocycles. The van der Waals surface area contributed by atoms with Crippen LogP contribution in [0.15, 0.2) is 46.9 Å². The minimum absolute atomic E-state index is 0.0811. The third kappa shape index (κ3) is 3.36. The molecule has 2 amide bonds. The van der Waals surface area contributed by atoms with E-state index in [9.17, 15) is 9.59 Å². The molecule has 2 aromatic carbocycles. The molecule has 0 saturated heterocycles. The minimum atomic E-state index is -0.293. The second-order valence-electron chi connectivity index (χ2n) is 6.13. The SMILES string of the molecule is Cc1cc(NC(=O)CC(=O)N2c3ccccc3CC2C)ccc1Br. The highest BCUT2D eigenvalue weighted by Crippen LogP contribution is 2.32. The predicted octanol–water partition coefficient (Wildman–Crippen LogP) is 4.06. The van der Waals surface area contributed by atoms with Crippen molar-refractivity contribution in [1.29, 1.82) is 0 Å².